The van der Waals surface area contributed by atoms with Crippen LogP contribution in [-0.2, 0) is 23.7 Å². The average Bonchev–Trinajstić information content (AvgIpc) is 3.28. The van der Waals surface area contributed by atoms with Crippen LogP contribution in [0.15, 0.2) is 48.6 Å². The van der Waals surface area contributed by atoms with Crippen LogP contribution in [0.3, 0.4) is 0 Å². The number of allylic oxidation sites excluding steroid dienone is 8. The number of unbranched alkanes of at least 4 members (excludes halogenated alkanes) is 26. The summed E-state index contributed by atoms with van der Waals surface area (Å²) in [6, 6.07) is 0. The number of ether oxygens (including phenoxy) is 4. The second-order valence-corrected chi connectivity index (χ2v) is 18.0. The van der Waals surface area contributed by atoms with Gasteiger partial charge in [-0.15, -0.1) is 0 Å². The van der Waals surface area contributed by atoms with Gasteiger partial charge in [0.25, 0.3) is 0 Å². The lowest BCUT2D eigenvalue weighted by molar-refractivity contribution is -0.305. The van der Waals surface area contributed by atoms with Crippen molar-refractivity contribution in [3.8, 4) is 0 Å². The van der Waals surface area contributed by atoms with Gasteiger partial charge in [0, 0.05) is 13.0 Å². The summed E-state index contributed by atoms with van der Waals surface area (Å²) in [6.07, 6.45) is 49.9. The fourth-order valence-corrected chi connectivity index (χ4v) is 7.85. The number of aliphatic hydroxyl groups excluding tert-OH is 4. The second kappa shape index (κ2) is 45.3. The molecule has 4 N–H and O–H groups in total. The molecule has 368 valence electrons. The maximum atomic E-state index is 12.8. The first-order valence-electron chi connectivity index (χ1n) is 26.2. The fraction of sp³-hybridized carbons (Fsp3) is 0.833. The van der Waals surface area contributed by atoms with Crippen molar-refractivity contribution in [3.05, 3.63) is 48.6 Å². The molecule has 1 saturated heterocycles. The first-order chi connectivity index (χ1) is 30.9. The SMILES string of the molecule is CCCCCC/C=C\C/C=C\CCCCCCCCCCOCC(COC1OC(CO)C(O)C(O)C1O)OC(=O)CCCCCCCCCCC/C=C\C/C=C\CCCCCCC. The standard InChI is InChI=1S/C54H98O9/c1-3-5-7-9-11-13-15-17-19-21-23-24-25-27-29-31-33-35-37-39-41-43-50(56)62-48(47-61-54-53(59)52(58)51(57)49(45-55)63-54)46-60-44-42-40-38-36-34-32-30-28-26-22-20-18-16-14-12-10-8-6-4-2/h14-17,20-23,48-49,51-55,57-59H,3-13,18-19,24-47H2,1-2H3/b16-14-,17-15-,22-20-,23-21-. The molecule has 6 atom stereocenters. The maximum absolute atomic E-state index is 12.8. The van der Waals surface area contributed by atoms with Gasteiger partial charge in [0.1, 0.15) is 30.5 Å². The van der Waals surface area contributed by atoms with Gasteiger partial charge >= 0.3 is 5.97 Å². The number of rotatable bonds is 45. The molecule has 1 heterocycles. The summed E-state index contributed by atoms with van der Waals surface area (Å²) >= 11 is 0. The number of aliphatic hydroxyl groups is 4. The molecule has 0 radical (unpaired) electrons. The Labute approximate surface area is 386 Å². The molecule has 0 aromatic carbocycles. The molecule has 0 saturated carbocycles. The van der Waals surface area contributed by atoms with Crippen LogP contribution in [0.25, 0.3) is 0 Å². The molecule has 9 nitrogen and oxygen atoms in total. The third-order valence-electron chi connectivity index (χ3n) is 12.0. The normalized spacial score (nSPS) is 20.0. The van der Waals surface area contributed by atoms with Gasteiger partial charge in [-0.25, -0.2) is 0 Å². The van der Waals surface area contributed by atoms with Crippen LogP contribution in [0.2, 0.25) is 0 Å². The van der Waals surface area contributed by atoms with Crippen molar-refractivity contribution < 1.29 is 44.2 Å². The minimum absolute atomic E-state index is 0.118. The van der Waals surface area contributed by atoms with Crippen molar-refractivity contribution in [3.63, 3.8) is 0 Å². The fourth-order valence-electron chi connectivity index (χ4n) is 7.85. The van der Waals surface area contributed by atoms with E-state index in [1.807, 2.05) is 0 Å². The average molecular weight is 891 g/mol. The van der Waals surface area contributed by atoms with Gasteiger partial charge in [0.15, 0.2) is 6.29 Å². The molecular formula is C54H98O9. The molecule has 1 fully saturated rings. The van der Waals surface area contributed by atoms with E-state index in [4.69, 9.17) is 18.9 Å². The zero-order valence-corrected chi connectivity index (χ0v) is 40.6. The van der Waals surface area contributed by atoms with Crippen molar-refractivity contribution in [1.29, 1.82) is 0 Å². The van der Waals surface area contributed by atoms with Crippen LogP contribution in [-0.4, -0.2) is 89.6 Å². The monoisotopic (exact) mass is 891 g/mol. The summed E-state index contributed by atoms with van der Waals surface area (Å²) in [4.78, 5) is 12.8. The smallest absolute Gasteiger partial charge is 0.306 e. The van der Waals surface area contributed by atoms with Crippen molar-refractivity contribution in [1.82, 2.24) is 0 Å². The number of hydrogen-bond acceptors (Lipinski definition) is 9. The Hall–Kier alpha value is -1.85. The minimum atomic E-state index is -1.54. The van der Waals surface area contributed by atoms with E-state index >= 15 is 0 Å². The van der Waals surface area contributed by atoms with Crippen molar-refractivity contribution >= 4 is 5.97 Å². The quantitative estimate of drug-likeness (QED) is 0.0268. The predicted octanol–water partition coefficient (Wildman–Crippen LogP) is 12.9. The maximum Gasteiger partial charge on any atom is 0.306 e. The van der Waals surface area contributed by atoms with Crippen LogP contribution < -0.4 is 0 Å². The van der Waals surface area contributed by atoms with Gasteiger partial charge in [0.05, 0.1) is 19.8 Å². The highest BCUT2D eigenvalue weighted by atomic mass is 16.7. The van der Waals surface area contributed by atoms with Crippen LogP contribution in [0.4, 0.5) is 0 Å². The van der Waals surface area contributed by atoms with Crippen LogP contribution >= 0.6 is 0 Å². The Morgan fingerprint density at radius 2 is 0.921 bits per heavy atom. The summed E-state index contributed by atoms with van der Waals surface area (Å²) < 4.78 is 22.9. The molecule has 0 aromatic rings. The van der Waals surface area contributed by atoms with E-state index in [9.17, 15) is 25.2 Å². The van der Waals surface area contributed by atoms with E-state index in [-0.39, 0.29) is 19.2 Å². The zero-order chi connectivity index (χ0) is 45.7. The largest absolute Gasteiger partial charge is 0.457 e. The lowest BCUT2D eigenvalue weighted by atomic mass is 9.99. The number of esters is 1. The third kappa shape index (κ3) is 36.0. The Morgan fingerprint density at radius 3 is 1.38 bits per heavy atom. The number of carbonyl (C=O) groups is 1. The van der Waals surface area contributed by atoms with E-state index in [0.29, 0.717) is 13.0 Å². The molecule has 0 aromatic heterocycles. The molecule has 6 unspecified atom stereocenters. The Bertz CT molecular complexity index is 1100. The first-order valence-corrected chi connectivity index (χ1v) is 26.2. The van der Waals surface area contributed by atoms with Crippen molar-refractivity contribution in [2.75, 3.05) is 26.4 Å². The van der Waals surface area contributed by atoms with E-state index in [1.54, 1.807) is 0 Å². The molecule has 0 aliphatic carbocycles. The van der Waals surface area contributed by atoms with Gasteiger partial charge < -0.3 is 39.4 Å². The van der Waals surface area contributed by atoms with Gasteiger partial charge in [-0.3, -0.25) is 4.79 Å². The topological polar surface area (TPSA) is 135 Å². The van der Waals surface area contributed by atoms with Gasteiger partial charge in [0.2, 0.25) is 0 Å². The highest BCUT2D eigenvalue weighted by Gasteiger charge is 2.44. The molecule has 1 aliphatic heterocycles. The molecule has 1 rings (SSSR count). The Kier molecular flexibility index (Phi) is 42.6. The molecule has 1 aliphatic rings. The van der Waals surface area contributed by atoms with E-state index in [2.05, 4.69) is 62.5 Å². The zero-order valence-electron chi connectivity index (χ0n) is 40.6. The van der Waals surface area contributed by atoms with Crippen LogP contribution in [0.5, 0.6) is 0 Å². The lowest BCUT2D eigenvalue weighted by Crippen LogP contribution is -2.59. The van der Waals surface area contributed by atoms with Crippen LogP contribution in [0, 0.1) is 0 Å². The highest BCUT2D eigenvalue weighted by molar-refractivity contribution is 5.69. The van der Waals surface area contributed by atoms with E-state index in [0.717, 1.165) is 44.9 Å². The van der Waals surface area contributed by atoms with Crippen molar-refractivity contribution in [2.45, 2.75) is 263 Å². The number of carbonyl (C=O) groups excluding carboxylic acids is 1. The summed E-state index contributed by atoms with van der Waals surface area (Å²) in [6.45, 7) is 4.54. The Balaban J connectivity index is 2.21. The van der Waals surface area contributed by atoms with E-state index in [1.165, 1.54) is 161 Å². The highest BCUT2D eigenvalue weighted by Crippen LogP contribution is 2.23. The second-order valence-electron chi connectivity index (χ2n) is 18.0. The van der Waals surface area contributed by atoms with E-state index < -0.39 is 43.4 Å². The Morgan fingerprint density at radius 1 is 0.508 bits per heavy atom. The summed E-state index contributed by atoms with van der Waals surface area (Å²) in [5.41, 5.74) is 0. The molecule has 0 bridgehead atoms. The molecule has 9 heteroatoms. The third-order valence-corrected chi connectivity index (χ3v) is 12.0. The van der Waals surface area contributed by atoms with Gasteiger partial charge in [-0.05, 0) is 77.0 Å². The van der Waals surface area contributed by atoms with Gasteiger partial charge in [-0.1, -0.05) is 191 Å². The predicted molar refractivity (Wildman–Crippen MR) is 261 cm³/mol. The molecule has 0 amide bonds. The lowest BCUT2D eigenvalue weighted by Gasteiger charge is -2.39. The van der Waals surface area contributed by atoms with Crippen molar-refractivity contribution in [2.24, 2.45) is 0 Å². The van der Waals surface area contributed by atoms with Crippen LogP contribution in [0.1, 0.15) is 226 Å². The molecular weight excluding hydrogens is 793 g/mol. The number of hydrogen-bond donors (Lipinski definition) is 4. The first kappa shape index (κ1) is 59.2. The van der Waals surface area contributed by atoms with Gasteiger partial charge in [-0.2, -0.15) is 0 Å². The molecule has 63 heavy (non-hydrogen) atoms. The summed E-state index contributed by atoms with van der Waals surface area (Å²) in [5.74, 6) is -0.319. The minimum Gasteiger partial charge on any atom is -0.457 e. The summed E-state index contributed by atoms with van der Waals surface area (Å²) in [7, 11) is 0. The molecule has 0 spiro atoms. The summed E-state index contributed by atoms with van der Waals surface area (Å²) in [5, 5.41) is 40.3.